The van der Waals surface area contributed by atoms with Crippen LogP contribution in [0, 0.1) is 5.92 Å². The van der Waals surface area contributed by atoms with E-state index in [1.54, 1.807) is 0 Å². The molecule has 2 aliphatic heterocycles. The third kappa shape index (κ3) is 2.41. The Morgan fingerprint density at radius 2 is 2.12 bits per heavy atom. The van der Waals surface area contributed by atoms with E-state index in [0.29, 0.717) is 6.04 Å². The first-order chi connectivity index (χ1) is 7.83. The fourth-order valence-electron chi connectivity index (χ4n) is 3.15. The van der Waals surface area contributed by atoms with Crippen LogP contribution in [0.1, 0.15) is 32.6 Å². The zero-order chi connectivity index (χ0) is 11.0. The summed E-state index contributed by atoms with van der Waals surface area (Å²) in [5.74, 6) is 0.745. The molecule has 2 saturated heterocycles. The number of hydrogen-bond donors (Lipinski definition) is 1. The van der Waals surface area contributed by atoms with Gasteiger partial charge in [0.1, 0.15) is 0 Å². The summed E-state index contributed by atoms with van der Waals surface area (Å²) in [4.78, 5) is 2.68. The fraction of sp³-hybridized carbons (Fsp3) is 1.00. The molecule has 0 spiro atoms. The largest absolute Gasteiger partial charge is 0.381 e. The van der Waals surface area contributed by atoms with Crippen LogP contribution in [-0.4, -0.2) is 49.3 Å². The first-order valence-corrected chi connectivity index (χ1v) is 6.91. The van der Waals surface area contributed by atoms with E-state index in [9.17, 15) is 0 Å². The number of nitrogens with one attached hydrogen (secondary N) is 1. The summed E-state index contributed by atoms with van der Waals surface area (Å²) in [6, 6.07) is 2.31. The Balaban J connectivity index is 1.44. The first-order valence-electron chi connectivity index (χ1n) is 6.91. The molecule has 0 amide bonds. The second-order valence-corrected chi connectivity index (χ2v) is 5.79. The molecule has 0 aromatic heterocycles. The molecule has 0 aromatic rings. The van der Waals surface area contributed by atoms with E-state index >= 15 is 0 Å². The molecule has 1 aliphatic carbocycles. The van der Waals surface area contributed by atoms with Gasteiger partial charge in [-0.2, -0.15) is 0 Å². The maximum Gasteiger partial charge on any atom is 0.0509 e. The second-order valence-electron chi connectivity index (χ2n) is 5.79. The lowest BCUT2D eigenvalue weighted by Gasteiger charge is -2.24. The summed E-state index contributed by atoms with van der Waals surface area (Å²) < 4.78 is 5.46. The molecule has 3 nitrogen and oxygen atoms in total. The number of ether oxygens (including phenoxy) is 1. The van der Waals surface area contributed by atoms with Crippen LogP contribution in [-0.2, 0) is 4.74 Å². The quantitative estimate of drug-likeness (QED) is 0.777. The van der Waals surface area contributed by atoms with Crippen LogP contribution < -0.4 is 5.32 Å². The van der Waals surface area contributed by atoms with Crippen LogP contribution in [0.4, 0.5) is 0 Å². The SMILES string of the molecule is CC(NC1CCN(C2CC2)C1)C1CCOC1. The Hall–Kier alpha value is -0.120. The second kappa shape index (κ2) is 4.63. The summed E-state index contributed by atoms with van der Waals surface area (Å²) in [5, 5.41) is 3.81. The summed E-state index contributed by atoms with van der Waals surface area (Å²) >= 11 is 0. The standard InChI is InChI=1S/C13H24N2O/c1-10(11-5-7-16-9-11)14-12-4-6-15(8-12)13-2-3-13/h10-14H,2-9H2,1H3. The van der Waals surface area contributed by atoms with Crippen molar-refractivity contribution < 1.29 is 4.74 Å². The van der Waals surface area contributed by atoms with Crippen molar-refractivity contribution >= 4 is 0 Å². The minimum absolute atomic E-state index is 0.631. The van der Waals surface area contributed by atoms with Crippen LogP contribution >= 0.6 is 0 Å². The van der Waals surface area contributed by atoms with Gasteiger partial charge in [-0.15, -0.1) is 0 Å². The van der Waals surface area contributed by atoms with Gasteiger partial charge in [-0.3, -0.25) is 4.90 Å². The highest BCUT2D eigenvalue weighted by molar-refractivity contribution is 4.93. The zero-order valence-corrected chi connectivity index (χ0v) is 10.3. The van der Waals surface area contributed by atoms with Crippen molar-refractivity contribution in [3.8, 4) is 0 Å². The molecule has 0 aromatic carbocycles. The van der Waals surface area contributed by atoms with Crippen molar-refractivity contribution in [2.24, 2.45) is 5.92 Å². The zero-order valence-electron chi connectivity index (χ0n) is 10.3. The van der Waals surface area contributed by atoms with Gasteiger partial charge in [-0.1, -0.05) is 0 Å². The Bertz CT molecular complexity index is 236. The Labute approximate surface area is 98.5 Å². The van der Waals surface area contributed by atoms with E-state index in [4.69, 9.17) is 4.74 Å². The molecule has 92 valence electrons. The summed E-state index contributed by atoms with van der Waals surface area (Å²) in [6.07, 6.45) is 5.47. The summed E-state index contributed by atoms with van der Waals surface area (Å²) in [7, 11) is 0. The van der Waals surface area contributed by atoms with Crippen molar-refractivity contribution in [1.82, 2.24) is 10.2 Å². The molecule has 0 radical (unpaired) electrons. The molecule has 3 fully saturated rings. The Kier molecular flexibility index (Phi) is 3.18. The van der Waals surface area contributed by atoms with E-state index in [1.165, 1.54) is 38.8 Å². The third-order valence-corrected chi connectivity index (χ3v) is 4.45. The predicted octanol–water partition coefficient (Wildman–Crippen LogP) is 1.24. The van der Waals surface area contributed by atoms with Gasteiger partial charge in [0.15, 0.2) is 0 Å². The van der Waals surface area contributed by atoms with Gasteiger partial charge in [0.25, 0.3) is 0 Å². The predicted molar refractivity (Wildman–Crippen MR) is 64.5 cm³/mol. The molecule has 0 bridgehead atoms. The highest BCUT2D eigenvalue weighted by Crippen LogP contribution is 2.30. The first kappa shape index (κ1) is 11.0. The normalized spacial score (nSPS) is 38.1. The van der Waals surface area contributed by atoms with Gasteiger partial charge in [0.05, 0.1) is 6.61 Å². The van der Waals surface area contributed by atoms with Gasteiger partial charge in [0.2, 0.25) is 0 Å². The topological polar surface area (TPSA) is 24.5 Å². The van der Waals surface area contributed by atoms with E-state index in [2.05, 4.69) is 17.1 Å². The van der Waals surface area contributed by atoms with E-state index in [1.807, 2.05) is 0 Å². The lowest BCUT2D eigenvalue weighted by molar-refractivity contribution is 0.176. The van der Waals surface area contributed by atoms with Crippen LogP contribution in [0.15, 0.2) is 0 Å². The minimum Gasteiger partial charge on any atom is -0.381 e. The molecule has 3 heteroatoms. The molecule has 1 saturated carbocycles. The molecular weight excluding hydrogens is 200 g/mol. The highest BCUT2D eigenvalue weighted by Gasteiger charge is 2.35. The molecule has 16 heavy (non-hydrogen) atoms. The monoisotopic (exact) mass is 224 g/mol. The van der Waals surface area contributed by atoms with Crippen molar-refractivity contribution in [1.29, 1.82) is 0 Å². The van der Waals surface area contributed by atoms with E-state index in [0.717, 1.165) is 31.2 Å². The van der Waals surface area contributed by atoms with Crippen LogP contribution in [0.2, 0.25) is 0 Å². The Morgan fingerprint density at radius 1 is 1.25 bits per heavy atom. The maximum atomic E-state index is 5.46. The molecule has 3 atom stereocenters. The number of nitrogens with zero attached hydrogens (tertiary/aromatic N) is 1. The smallest absolute Gasteiger partial charge is 0.0509 e. The molecule has 3 rings (SSSR count). The van der Waals surface area contributed by atoms with E-state index < -0.39 is 0 Å². The van der Waals surface area contributed by atoms with Gasteiger partial charge < -0.3 is 10.1 Å². The average molecular weight is 224 g/mol. The third-order valence-electron chi connectivity index (χ3n) is 4.45. The van der Waals surface area contributed by atoms with Crippen molar-refractivity contribution in [2.75, 3.05) is 26.3 Å². The number of hydrogen-bond acceptors (Lipinski definition) is 3. The fourth-order valence-corrected chi connectivity index (χ4v) is 3.15. The van der Waals surface area contributed by atoms with Crippen molar-refractivity contribution in [2.45, 2.75) is 50.7 Å². The van der Waals surface area contributed by atoms with Crippen molar-refractivity contribution in [3.63, 3.8) is 0 Å². The molecule has 2 heterocycles. The van der Waals surface area contributed by atoms with Gasteiger partial charge in [-0.05, 0) is 38.5 Å². The summed E-state index contributed by atoms with van der Waals surface area (Å²) in [6.45, 7) is 6.86. The van der Waals surface area contributed by atoms with E-state index in [-0.39, 0.29) is 0 Å². The van der Waals surface area contributed by atoms with Gasteiger partial charge in [0, 0.05) is 37.8 Å². The van der Waals surface area contributed by atoms with Gasteiger partial charge >= 0.3 is 0 Å². The highest BCUT2D eigenvalue weighted by atomic mass is 16.5. The van der Waals surface area contributed by atoms with Crippen LogP contribution in [0.3, 0.4) is 0 Å². The molecule has 3 aliphatic rings. The lowest BCUT2D eigenvalue weighted by atomic mass is 10.00. The van der Waals surface area contributed by atoms with Gasteiger partial charge in [-0.25, -0.2) is 0 Å². The van der Waals surface area contributed by atoms with Crippen LogP contribution in [0.25, 0.3) is 0 Å². The Morgan fingerprint density at radius 3 is 2.81 bits per heavy atom. The molecular formula is C13H24N2O. The van der Waals surface area contributed by atoms with Crippen molar-refractivity contribution in [3.05, 3.63) is 0 Å². The number of rotatable bonds is 4. The maximum absolute atomic E-state index is 5.46. The summed E-state index contributed by atoms with van der Waals surface area (Å²) in [5.41, 5.74) is 0. The number of likely N-dealkylation sites (tertiary alicyclic amines) is 1. The van der Waals surface area contributed by atoms with Crippen LogP contribution in [0.5, 0.6) is 0 Å². The minimum atomic E-state index is 0.631. The molecule has 1 N–H and O–H groups in total. The average Bonchev–Trinajstić information content (AvgIpc) is 2.82. The molecule has 3 unspecified atom stereocenters. The lowest BCUT2D eigenvalue weighted by Crippen LogP contribution is -2.42.